The number of nitrogens with one attached hydrogen (secondary N) is 1. The van der Waals surface area contributed by atoms with Crippen molar-refractivity contribution in [1.82, 2.24) is 20.3 Å². The van der Waals surface area contributed by atoms with Crippen molar-refractivity contribution in [2.45, 2.75) is 50.7 Å². The summed E-state index contributed by atoms with van der Waals surface area (Å²) in [6.45, 7) is 0.730. The fraction of sp³-hybridized carbons (Fsp3) is 0.526. The second-order valence-electron chi connectivity index (χ2n) is 7.11. The van der Waals surface area contributed by atoms with Crippen LogP contribution in [0.15, 0.2) is 30.3 Å². The third-order valence-corrected chi connectivity index (χ3v) is 5.63. The molecule has 2 fully saturated rings. The van der Waals surface area contributed by atoms with E-state index < -0.39 is 0 Å². The molecule has 1 aromatic heterocycles. The van der Waals surface area contributed by atoms with Crippen LogP contribution in [-0.2, 0) is 0 Å². The lowest BCUT2D eigenvalue weighted by Gasteiger charge is -2.37. The number of amides is 1. The molecule has 1 saturated carbocycles. The lowest BCUT2D eigenvalue weighted by Crippen LogP contribution is -2.45. The summed E-state index contributed by atoms with van der Waals surface area (Å²) < 4.78 is 0. The van der Waals surface area contributed by atoms with E-state index in [2.05, 4.69) is 15.4 Å². The highest BCUT2D eigenvalue weighted by Gasteiger charge is 2.40. The summed E-state index contributed by atoms with van der Waals surface area (Å²) in [4.78, 5) is 15.1. The summed E-state index contributed by atoms with van der Waals surface area (Å²) in [6.07, 6.45) is 5.73. The Bertz CT molecular complexity index is 730. The lowest BCUT2D eigenvalue weighted by atomic mass is 9.80. The molecule has 1 saturated heterocycles. The van der Waals surface area contributed by atoms with E-state index in [4.69, 9.17) is 0 Å². The standard InChI is InChI=1S/C19H24N4O2/c24-16-11-5-4-9-14(16)15-10-6-12-23(15)19(25)18-17(20-22-21-18)13-7-2-1-3-8-13/h1-3,7-8,14-16,24H,4-6,9-12H2,(H,20,21,22). The van der Waals surface area contributed by atoms with E-state index in [9.17, 15) is 9.90 Å². The van der Waals surface area contributed by atoms with Crippen molar-refractivity contribution in [2.24, 2.45) is 5.92 Å². The van der Waals surface area contributed by atoms with Crippen molar-refractivity contribution in [3.05, 3.63) is 36.0 Å². The van der Waals surface area contributed by atoms with Gasteiger partial charge in [-0.3, -0.25) is 4.79 Å². The van der Waals surface area contributed by atoms with Crippen LogP contribution in [0.25, 0.3) is 11.3 Å². The fourth-order valence-corrected chi connectivity index (χ4v) is 4.39. The molecule has 2 heterocycles. The van der Waals surface area contributed by atoms with Crippen LogP contribution in [-0.4, -0.2) is 50.0 Å². The summed E-state index contributed by atoms with van der Waals surface area (Å²) >= 11 is 0. The number of aromatic amines is 1. The molecule has 1 aliphatic carbocycles. The van der Waals surface area contributed by atoms with Crippen molar-refractivity contribution in [2.75, 3.05) is 6.54 Å². The van der Waals surface area contributed by atoms with Crippen LogP contribution in [0.1, 0.15) is 49.0 Å². The van der Waals surface area contributed by atoms with Crippen LogP contribution >= 0.6 is 0 Å². The molecule has 4 rings (SSSR count). The topological polar surface area (TPSA) is 82.1 Å². The predicted octanol–water partition coefficient (Wildman–Crippen LogP) is 2.63. The maximum absolute atomic E-state index is 13.2. The molecular weight excluding hydrogens is 316 g/mol. The summed E-state index contributed by atoms with van der Waals surface area (Å²) in [6, 6.07) is 9.77. The van der Waals surface area contributed by atoms with Crippen molar-refractivity contribution in [3.8, 4) is 11.3 Å². The minimum absolute atomic E-state index is 0.0760. The Morgan fingerprint density at radius 2 is 1.88 bits per heavy atom. The first-order valence-electron chi connectivity index (χ1n) is 9.21. The highest BCUT2D eigenvalue weighted by molar-refractivity contribution is 5.98. The molecule has 0 radical (unpaired) electrons. The van der Waals surface area contributed by atoms with Gasteiger partial charge in [0.2, 0.25) is 0 Å². The Labute approximate surface area is 147 Å². The number of carbonyl (C=O) groups is 1. The van der Waals surface area contributed by atoms with Crippen molar-refractivity contribution < 1.29 is 9.90 Å². The highest BCUT2D eigenvalue weighted by Crippen LogP contribution is 2.35. The van der Waals surface area contributed by atoms with Gasteiger partial charge in [-0.2, -0.15) is 15.4 Å². The molecule has 1 amide bonds. The number of likely N-dealkylation sites (tertiary alicyclic amines) is 1. The third-order valence-electron chi connectivity index (χ3n) is 5.63. The van der Waals surface area contributed by atoms with Gasteiger partial charge in [0.25, 0.3) is 5.91 Å². The Morgan fingerprint density at radius 3 is 2.68 bits per heavy atom. The fourth-order valence-electron chi connectivity index (χ4n) is 4.39. The Balaban J connectivity index is 1.60. The minimum atomic E-state index is -0.293. The van der Waals surface area contributed by atoms with E-state index in [1.807, 2.05) is 35.2 Å². The molecule has 25 heavy (non-hydrogen) atoms. The monoisotopic (exact) mass is 340 g/mol. The Kier molecular flexibility index (Phi) is 4.53. The lowest BCUT2D eigenvalue weighted by molar-refractivity contribution is 0.0209. The number of aliphatic hydroxyl groups excluding tert-OH is 1. The van der Waals surface area contributed by atoms with Crippen molar-refractivity contribution >= 4 is 5.91 Å². The van der Waals surface area contributed by atoms with E-state index in [-0.39, 0.29) is 24.0 Å². The number of hydrogen-bond acceptors (Lipinski definition) is 4. The summed E-state index contributed by atoms with van der Waals surface area (Å²) in [5, 5.41) is 21.4. The number of aliphatic hydroxyl groups is 1. The molecule has 6 heteroatoms. The zero-order chi connectivity index (χ0) is 17.2. The number of hydrogen-bond donors (Lipinski definition) is 2. The molecule has 6 nitrogen and oxygen atoms in total. The van der Waals surface area contributed by atoms with E-state index in [0.29, 0.717) is 11.4 Å². The minimum Gasteiger partial charge on any atom is -0.393 e. The van der Waals surface area contributed by atoms with Gasteiger partial charge in [-0.1, -0.05) is 43.2 Å². The number of rotatable bonds is 3. The van der Waals surface area contributed by atoms with Crippen LogP contribution < -0.4 is 0 Å². The van der Waals surface area contributed by atoms with Crippen LogP contribution in [0.3, 0.4) is 0 Å². The SMILES string of the molecule is O=C(c1n[nH]nc1-c1ccccc1)N1CCCC1C1CCCCC1O. The second-order valence-corrected chi connectivity index (χ2v) is 7.11. The molecule has 2 aromatic rings. The second kappa shape index (κ2) is 6.96. The Hall–Kier alpha value is -2.21. The first kappa shape index (κ1) is 16.3. The van der Waals surface area contributed by atoms with Gasteiger partial charge in [-0.05, 0) is 25.7 Å². The van der Waals surface area contributed by atoms with Crippen LogP contribution in [0.4, 0.5) is 0 Å². The van der Waals surface area contributed by atoms with E-state index in [1.165, 1.54) is 0 Å². The van der Waals surface area contributed by atoms with E-state index >= 15 is 0 Å². The van der Waals surface area contributed by atoms with Crippen molar-refractivity contribution in [1.29, 1.82) is 0 Å². The predicted molar refractivity (Wildman–Crippen MR) is 93.8 cm³/mol. The summed E-state index contributed by atoms with van der Waals surface area (Å²) in [7, 11) is 0. The largest absolute Gasteiger partial charge is 0.393 e. The number of nitrogens with zero attached hydrogens (tertiary/aromatic N) is 3. The van der Waals surface area contributed by atoms with Crippen LogP contribution in [0, 0.1) is 5.92 Å². The van der Waals surface area contributed by atoms with E-state index in [1.54, 1.807) is 0 Å². The van der Waals surface area contributed by atoms with Gasteiger partial charge in [0.15, 0.2) is 5.69 Å². The number of benzene rings is 1. The van der Waals surface area contributed by atoms with Crippen LogP contribution in [0.2, 0.25) is 0 Å². The molecule has 2 N–H and O–H groups in total. The quantitative estimate of drug-likeness (QED) is 0.900. The maximum atomic E-state index is 13.2. The third kappa shape index (κ3) is 3.06. The molecule has 0 bridgehead atoms. The number of H-pyrrole nitrogens is 1. The van der Waals surface area contributed by atoms with Gasteiger partial charge < -0.3 is 10.0 Å². The van der Waals surface area contributed by atoms with Gasteiger partial charge in [0.1, 0.15) is 5.69 Å². The molecule has 3 unspecified atom stereocenters. The first-order chi connectivity index (χ1) is 12.3. The molecule has 0 spiro atoms. The Morgan fingerprint density at radius 1 is 1.08 bits per heavy atom. The molecule has 1 aromatic carbocycles. The van der Waals surface area contributed by atoms with Gasteiger partial charge in [0, 0.05) is 24.1 Å². The van der Waals surface area contributed by atoms with E-state index in [0.717, 1.165) is 50.6 Å². The number of aromatic nitrogens is 3. The molecule has 132 valence electrons. The summed E-state index contributed by atoms with van der Waals surface area (Å²) in [5.74, 6) is 0.111. The smallest absolute Gasteiger partial charge is 0.276 e. The normalized spacial score (nSPS) is 26.8. The summed E-state index contributed by atoms with van der Waals surface area (Å²) in [5.41, 5.74) is 1.86. The molecular formula is C19H24N4O2. The average molecular weight is 340 g/mol. The van der Waals surface area contributed by atoms with Crippen LogP contribution in [0.5, 0.6) is 0 Å². The van der Waals surface area contributed by atoms with Gasteiger partial charge in [-0.15, -0.1) is 0 Å². The zero-order valence-electron chi connectivity index (χ0n) is 14.3. The highest BCUT2D eigenvalue weighted by atomic mass is 16.3. The molecule has 2 aliphatic rings. The van der Waals surface area contributed by atoms with Gasteiger partial charge in [-0.25, -0.2) is 0 Å². The first-order valence-corrected chi connectivity index (χ1v) is 9.21. The average Bonchev–Trinajstić information content (AvgIpc) is 3.32. The maximum Gasteiger partial charge on any atom is 0.276 e. The zero-order valence-corrected chi connectivity index (χ0v) is 14.3. The molecule has 3 atom stereocenters. The number of carbonyl (C=O) groups excluding carboxylic acids is 1. The van der Waals surface area contributed by atoms with Gasteiger partial charge in [0.05, 0.1) is 6.10 Å². The molecule has 1 aliphatic heterocycles. The van der Waals surface area contributed by atoms with Gasteiger partial charge >= 0.3 is 0 Å². The van der Waals surface area contributed by atoms with Crippen molar-refractivity contribution in [3.63, 3.8) is 0 Å².